The molecule has 1 fully saturated rings. The van der Waals surface area contributed by atoms with Gasteiger partial charge in [-0.2, -0.15) is 0 Å². The lowest BCUT2D eigenvalue weighted by molar-refractivity contribution is -0.0406. The van der Waals surface area contributed by atoms with Crippen LogP contribution in [0.15, 0.2) is 0 Å². The van der Waals surface area contributed by atoms with Gasteiger partial charge in [-0.05, 0) is 32.5 Å². The van der Waals surface area contributed by atoms with Crippen LogP contribution in [0.3, 0.4) is 0 Å². The lowest BCUT2D eigenvalue weighted by atomic mass is 9.79. The van der Waals surface area contributed by atoms with Gasteiger partial charge in [-0.1, -0.05) is 6.92 Å². The molecule has 1 saturated heterocycles. The minimum absolute atomic E-state index is 0.113. The van der Waals surface area contributed by atoms with Gasteiger partial charge in [-0.25, -0.2) is 8.78 Å². The molecule has 1 aliphatic heterocycles. The third-order valence-corrected chi connectivity index (χ3v) is 3.17. The Labute approximate surface area is 78.1 Å². The molecule has 2 N–H and O–H groups in total. The summed E-state index contributed by atoms with van der Waals surface area (Å²) in [4.78, 5) is 2.19. The molecule has 13 heavy (non-hydrogen) atoms. The molecule has 1 heterocycles. The number of halogens is 2. The Kier molecular flexibility index (Phi) is 3.62. The molecule has 0 atom stereocenters. The van der Waals surface area contributed by atoms with E-state index in [0.29, 0.717) is 12.8 Å². The number of likely N-dealkylation sites (tertiary alicyclic amines) is 1. The number of nitrogens with zero attached hydrogens (tertiary/aromatic N) is 1. The van der Waals surface area contributed by atoms with Gasteiger partial charge in [0.05, 0.1) is 0 Å². The van der Waals surface area contributed by atoms with Crippen LogP contribution < -0.4 is 5.73 Å². The fourth-order valence-corrected chi connectivity index (χ4v) is 1.83. The Morgan fingerprint density at radius 1 is 1.38 bits per heavy atom. The van der Waals surface area contributed by atoms with E-state index in [1.807, 2.05) is 0 Å². The predicted octanol–water partition coefficient (Wildman–Crippen LogP) is 1.31. The van der Waals surface area contributed by atoms with Crippen LogP contribution in [-0.4, -0.2) is 37.5 Å². The smallest absolute Gasteiger partial charge is 0.245 e. The van der Waals surface area contributed by atoms with Crippen LogP contribution >= 0.6 is 0 Å². The van der Waals surface area contributed by atoms with Crippen molar-refractivity contribution in [3.8, 4) is 0 Å². The van der Waals surface area contributed by atoms with E-state index in [1.165, 1.54) is 0 Å². The summed E-state index contributed by atoms with van der Waals surface area (Å²) in [6, 6.07) is 0. The summed E-state index contributed by atoms with van der Waals surface area (Å²) in [7, 11) is 0. The van der Waals surface area contributed by atoms with Gasteiger partial charge in [0, 0.05) is 12.0 Å². The van der Waals surface area contributed by atoms with E-state index < -0.39 is 11.8 Å². The Morgan fingerprint density at radius 3 is 2.23 bits per heavy atom. The van der Waals surface area contributed by atoms with Crippen LogP contribution in [0.5, 0.6) is 0 Å². The van der Waals surface area contributed by atoms with Crippen molar-refractivity contribution in [3.63, 3.8) is 0 Å². The van der Waals surface area contributed by atoms with E-state index >= 15 is 0 Å². The van der Waals surface area contributed by atoms with Crippen molar-refractivity contribution >= 4 is 0 Å². The van der Waals surface area contributed by atoms with Crippen LogP contribution in [0.2, 0.25) is 0 Å². The second kappa shape index (κ2) is 4.33. The Balaban J connectivity index is 2.53. The number of rotatable bonds is 3. The molecule has 0 aromatic carbocycles. The number of hydrogen-bond donors (Lipinski definition) is 1. The molecular weight excluding hydrogens is 174 g/mol. The normalized spacial score (nSPS) is 23.8. The molecule has 2 nitrogen and oxygen atoms in total. The van der Waals surface area contributed by atoms with Crippen molar-refractivity contribution in [3.05, 3.63) is 0 Å². The van der Waals surface area contributed by atoms with Crippen molar-refractivity contribution < 1.29 is 8.78 Å². The van der Waals surface area contributed by atoms with Crippen molar-refractivity contribution in [2.24, 2.45) is 11.1 Å². The molecular formula is C9H18F2N2. The molecule has 0 aliphatic carbocycles. The molecule has 1 aliphatic rings. The van der Waals surface area contributed by atoms with E-state index in [4.69, 9.17) is 5.73 Å². The fourth-order valence-electron chi connectivity index (χ4n) is 1.83. The highest BCUT2D eigenvalue weighted by Crippen LogP contribution is 2.36. The van der Waals surface area contributed by atoms with Crippen LogP contribution in [-0.2, 0) is 0 Å². The van der Waals surface area contributed by atoms with E-state index in [2.05, 4.69) is 11.8 Å². The van der Waals surface area contributed by atoms with Gasteiger partial charge < -0.3 is 10.6 Å². The second-order valence-electron chi connectivity index (χ2n) is 3.80. The SMILES string of the molecule is CCN1CCC(CN)(C(F)F)CC1. The van der Waals surface area contributed by atoms with Crippen LogP contribution in [0.25, 0.3) is 0 Å². The Morgan fingerprint density at radius 2 is 1.92 bits per heavy atom. The van der Waals surface area contributed by atoms with Gasteiger partial charge in [0.2, 0.25) is 6.43 Å². The summed E-state index contributed by atoms with van der Waals surface area (Å²) >= 11 is 0. The minimum Gasteiger partial charge on any atom is -0.330 e. The molecule has 0 bridgehead atoms. The first kappa shape index (κ1) is 10.9. The third kappa shape index (κ3) is 2.17. The highest BCUT2D eigenvalue weighted by atomic mass is 19.3. The van der Waals surface area contributed by atoms with Gasteiger partial charge in [0.1, 0.15) is 0 Å². The largest absolute Gasteiger partial charge is 0.330 e. The molecule has 0 unspecified atom stereocenters. The molecule has 0 amide bonds. The summed E-state index contributed by atoms with van der Waals surface area (Å²) in [5, 5.41) is 0. The molecule has 1 rings (SSSR count). The van der Waals surface area contributed by atoms with E-state index in [-0.39, 0.29) is 6.54 Å². The maximum absolute atomic E-state index is 12.7. The first-order valence-corrected chi connectivity index (χ1v) is 4.85. The lowest BCUT2D eigenvalue weighted by Gasteiger charge is -2.40. The van der Waals surface area contributed by atoms with Crippen molar-refractivity contribution in [1.82, 2.24) is 4.90 Å². The molecule has 0 aromatic heterocycles. The fraction of sp³-hybridized carbons (Fsp3) is 1.00. The van der Waals surface area contributed by atoms with Gasteiger partial charge in [0.15, 0.2) is 0 Å². The summed E-state index contributed by atoms with van der Waals surface area (Å²) < 4.78 is 25.4. The zero-order valence-corrected chi connectivity index (χ0v) is 8.10. The molecule has 0 spiro atoms. The minimum atomic E-state index is -2.27. The summed E-state index contributed by atoms with van der Waals surface area (Å²) in [6.07, 6.45) is -1.19. The summed E-state index contributed by atoms with van der Waals surface area (Å²) in [6.45, 7) is 4.64. The first-order chi connectivity index (χ1) is 6.14. The van der Waals surface area contributed by atoms with Crippen molar-refractivity contribution in [1.29, 1.82) is 0 Å². The Bertz CT molecular complexity index is 154. The van der Waals surface area contributed by atoms with Gasteiger partial charge >= 0.3 is 0 Å². The highest BCUT2D eigenvalue weighted by Gasteiger charge is 2.41. The zero-order chi connectivity index (χ0) is 9.90. The average Bonchev–Trinajstić information content (AvgIpc) is 2.17. The molecule has 0 aromatic rings. The van der Waals surface area contributed by atoms with Gasteiger partial charge in [0.25, 0.3) is 0 Å². The van der Waals surface area contributed by atoms with Crippen molar-refractivity contribution in [2.75, 3.05) is 26.2 Å². The highest BCUT2D eigenvalue weighted by molar-refractivity contribution is 4.88. The quantitative estimate of drug-likeness (QED) is 0.730. The number of hydrogen-bond acceptors (Lipinski definition) is 2. The van der Waals surface area contributed by atoms with Crippen LogP contribution in [0.4, 0.5) is 8.78 Å². The topological polar surface area (TPSA) is 29.3 Å². The molecule has 78 valence electrons. The lowest BCUT2D eigenvalue weighted by Crippen LogP contribution is -2.47. The molecule has 0 saturated carbocycles. The van der Waals surface area contributed by atoms with E-state index in [1.54, 1.807) is 0 Å². The average molecular weight is 192 g/mol. The van der Waals surface area contributed by atoms with E-state index in [9.17, 15) is 8.78 Å². The summed E-state index contributed by atoms with van der Waals surface area (Å²) in [5.41, 5.74) is 4.53. The predicted molar refractivity (Wildman–Crippen MR) is 48.8 cm³/mol. The molecule has 0 radical (unpaired) electrons. The van der Waals surface area contributed by atoms with Crippen LogP contribution in [0.1, 0.15) is 19.8 Å². The zero-order valence-electron chi connectivity index (χ0n) is 8.10. The number of piperidine rings is 1. The maximum atomic E-state index is 12.7. The third-order valence-electron chi connectivity index (χ3n) is 3.17. The first-order valence-electron chi connectivity index (χ1n) is 4.85. The Hall–Kier alpha value is -0.220. The maximum Gasteiger partial charge on any atom is 0.245 e. The monoisotopic (exact) mass is 192 g/mol. The van der Waals surface area contributed by atoms with Crippen molar-refractivity contribution in [2.45, 2.75) is 26.2 Å². The van der Waals surface area contributed by atoms with Gasteiger partial charge in [-0.15, -0.1) is 0 Å². The standard InChI is InChI=1S/C9H18F2N2/c1-2-13-5-3-9(7-12,4-6-13)8(10)11/h8H,2-7,12H2,1H3. The van der Waals surface area contributed by atoms with E-state index in [0.717, 1.165) is 19.6 Å². The second-order valence-corrected chi connectivity index (χ2v) is 3.80. The van der Waals surface area contributed by atoms with Crippen LogP contribution in [0, 0.1) is 5.41 Å². The molecule has 4 heteroatoms. The summed E-state index contributed by atoms with van der Waals surface area (Å²) in [5.74, 6) is 0. The number of nitrogens with two attached hydrogens (primary N) is 1. The van der Waals surface area contributed by atoms with Gasteiger partial charge in [-0.3, -0.25) is 0 Å². The number of alkyl halides is 2.